The second kappa shape index (κ2) is 5.70. The molecule has 0 atom stereocenters. The molecule has 1 fully saturated rings. The van der Waals surface area contributed by atoms with Crippen LogP contribution < -0.4 is 0 Å². The van der Waals surface area contributed by atoms with Crippen LogP contribution in [-0.2, 0) is 6.18 Å². The van der Waals surface area contributed by atoms with E-state index >= 15 is 0 Å². The number of nitrogens with zero attached hydrogens (tertiary/aromatic N) is 1. The standard InChI is InChI=1S/C15H14F5NO/c1-2-10-8-11(4-5-12(10)15(18,19)20)13(22)21-7-3-6-14(16,17)9-21/h2,4-5,8H,1,3,6-7,9H2. The molecular formula is C15H14F5NO. The highest BCUT2D eigenvalue weighted by molar-refractivity contribution is 5.95. The Labute approximate surface area is 124 Å². The zero-order valence-corrected chi connectivity index (χ0v) is 11.6. The van der Waals surface area contributed by atoms with Crippen molar-refractivity contribution in [2.24, 2.45) is 0 Å². The molecule has 0 aliphatic carbocycles. The molecule has 0 bridgehead atoms. The molecule has 22 heavy (non-hydrogen) atoms. The first-order valence-electron chi connectivity index (χ1n) is 6.65. The molecule has 1 aliphatic heterocycles. The minimum Gasteiger partial charge on any atom is -0.333 e. The van der Waals surface area contributed by atoms with E-state index in [1.54, 1.807) is 0 Å². The fourth-order valence-electron chi connectivity index (χ4n) is 2.44. The van der Waals surface area contributed by atoms with Crippen molar-refractivity contribution in [3.63, 3.8) is 0 Å². The van der Waals surface area contributed by atoms with Gasteiger partial charge in [0.25, 0.3) is 11.8 Å². The molecule has 1 aromatic rings. The Balaban J connectivity index is 2.29. The summed E-state index contributed by atoms with van der Waals surface area (Å²) in [4.78, 5) is 13.2. The van der Waals surface area contributed by atoms with E-state index in [0.717, 1.165) is 29.2 Å². The second-order valence-corrected chi connectivity index (χ2v) is 5.19. The predicted octanol–water partition coefficient (Wildman–Crippen LogP) is 4.22. The first-order chi connectivity index (χ1) is 10.1. The van der Waals surface area contributed by atoms with Gasteiger partial charge in [0.15, 0.2) is 0 Å². The van der Waals surface area contributed by atoms with E-state index in [-0.39, 0.29) is 30.5 Å². The Morgan fingerprint density at radius 1 is 1.32 bits per heavy atom. The molecule has 1 saturated heterocycles. The second-order valence-electron chi connectivity index (χ2n) is 5.19. The summed E-state index contributed by atoms with van der Waals surface area (Å²) in [7, 11) is 0. The summed E-state index contributed by atoms with van der Waals surface area (Å²) in [6.07, 6.45) is -3.71. The van der Waals surface area contributed by atoms with Gasteiger partial charge in [0, 0.05) is 18.5 Å². The van der Waals surface area contributed by atoms with Crippen molar-refractivity contribution in [1.29, 1.82) is 0 Å². The first kappa shape index (κ1) is 16.5. The maximum atomic E-state index is 13.3. The van der Waals surface area contributed by atoms with Crippen LogP contribution in [0, 0.1) is 0 Å². The largest absolute Gasteiger partial charge is 0.416 e. The number of benzene rings is 1. The van der Waals surface area contributed by atoms with Crippen LogP contribution in [-0.4, -0.2) is 29.8 Å². The van der Waals surface area contributed by atoms with Gasteiger partial charge in [-0.3, -0.25) is 4.79 Å². The highest BCUT2D eigenvalue weighted by Gasteiger charge is 2.38. The summed E-state index contributed by atoms with van der Waals surface area (Å²) in [5, 5.41) is 0. The Bertz CT molecular complexity index is 594. The number of amides is 1. The van der Waals surface area contributed by atoms with Gasteiger partial charge in [0.05, 0.1) is 12.1 Å². The zero-order chi connectivity index (χ0) is 16.5. The maximum Gasteiger partial charge on any atom is 0.416 e. The van der Waals surface area contributed by atoms with Crippen molar-refractivity contribution in [2.45, 2.75) is 24.9 Å². The molecule has 0 spiro atoms. The van der Waals surface area contributed by atoms with E-state index < -0.39 is 30.1 Å². The Kier molecular flexibility index (Phi) is 4.26. The third kappa shape index (κ3) is 3.45. The molecule has 2 nitrogen and oxygen atoms in total. The molecule has 120 valence electrons. The smallest absolute Gasteiger partial charge is 0.333 e. The molecule has 0 aromatic heterocycles. The quantitative estimate of drug-likeness (QED) is 0.748. The lowest BCUT2D eigenvalue weighted by molar-refractivity contribution is -0.137. The molecule has 0 saturated carbocycles. The van der Waals surface area contributed by atoms with Gasteiger partial charge in [-0.2, -0.15) is 13.2 Å². The van der Waals surface area contributed by atoms with Crippen LogP contribution in [0.1, 0.15) is 34.3 Å². The summed E-state index contributed by atoms with van der Waals surface area (Å²) >= 11 is 0. The lowest BCUT2D eigenvalue weighted by Gasteiger charge is -2.32. The molecule has 0 N–H and O–H groups in total. The number of halogens is 5. The predicted molar refractivity (Wildman–Crippen MR) is 71.6 cm³/mol. The molecule has 2 rings (SSSR count). The van der Waals surface area contributed by atoms with Crippen molar-refractivity contribution >= 4 is 12.0 Å². The topological polar surface area (TPSA) is 20.3 Å². The van der Waals surface area contributed by atoms with Crippen LogP contribution >= 0.6 is 0 Å². The fourth-order valence-corrected chi connectivity index (χ4v) is 2.44. The van der Waals surface area contributed by atoms with E-state index in [2.05, 4.69) is 6.58 Å². The summed E-state index contributed by atoms with van der Waals surface area (Å²) in [5.41, 5.74) is -1.22. The molecule has 1 amide bonds. The van der Waals surface area contributed by atoms with Crippen LogP contribution in [0.2, 0.25) is 0 Å². The highest BCUT2D eigenvalue weighted by Crippen LogP contribution is 2.33. The van der Waals surface area contributed by atoms with Crippen molar-refractivity contribution < 1.29 is 26.7 Å². The molecule has 7 heteroatoms. The van der Waals surface area contributed by atoms with Crippen LogP contribution in [0.15, 0.2) is 24.8 Å². The first-order valence-corrected chi connectivity index (χ1v) is 6.65. The van der Waals surface area contributed by atoms with Gasteiger partial charge in [-0.15, -0.1) is 0 Å². The number of likely N-dealkylation sites (tertiary alicyclic amines) is 1. The lowest BCUT2D eigenvalue weighted by Crippen LogP contribution is -2.45. The van der Waals surface area contributed by atoms with Gasteiger partial charge in [0.2, 0.25) is 0 Å². The third-order valence-corrected chi connectivity index (χ3v) is 3.50. The summed E-state index contributed by atoms with van der Waals surface area (Å²) < 4.78 is 65.0. The number of carbonyl (C=O) groups is 1. The van der Waals surface area contributed by atoms with Crippen molar-refractivity contribution in [3.05, 3.63) is 41.5 Å². The molecule has 1 heterocycles. The third-order valence-electron chi connectivity index (χ3n) is 3.50. The average Bonchev–Trinajstić information content (AvgIpc) is 2.43. The Morgan fingerprint density at radius 3 is 2.55 bits per heavy atom. The lowest BCUT2D eigenvalue weighted by atomic mass is 10.0. The number of alkyl halides is 5. The number of rotatable bonds is 2. The number of carbonyl (C=O) groups excluding carboxylic acids is 1. The zero-order valence-electron chi connectivity index (χ0n) is 11.6. The van der Waals surface area contributed by atoms with Crippen LogP contribution in [0.5, 0.6) is 0 Å². The van der Waals surface area contributed by atoms with E-state index in [1.165, 1.54) is 0 Å². The number of hydrogen-bond acceptors (Lipinski definition) is 1. The van der Waals surface area contributed by atoms with Crippen molar-refractivity contribution in [1.82, 2.24) is 4.90 Å². The Hall–Kier alpha value is -1.92. The van der Waals surface area contributed by atoms with Gasteiger partial charge in [-0.05, 0) is 30.2 Å². The van der Waals surface area contributed by atoms with Crippen molar-refractivity contribution in [2.75, 3.05) is 13.1 Å². The maximum absolute atomic E-state index is 13.3. The average molecular weight is 319 g/mol. The van der Waals surface area contributed by atoms with Gasteiger partial charge in [-0.1, -0.05) is 12.7 Å². The molecule has 1 aromatic carbocycles. The van der Waals surface area contributed by atoms with Gasteiger partial charge < -0.3 is 4.90 Å². The van der Waals surface area contributed by atoms with E-state index in [1.807, 2.05) is 0 Å². The highest BCUT2D eigenvalue weighted by atomic mass is 19.4. The molecule has 0 unspecified atom stereocenters. The minimum atomic E-state index is -4.57. The monoisotopic (exact) mass is 319 g/mol. The van der Waals surface area contributed by atoms with Gasteiger partial charge in [-0.25, -0.2) is 8.78 Å². The fraction of sp³-hybridized carbons (Fsp3) is 0.400. The Morgan fingerprint density at radius 2 is 2.00 bits per heavy atom. The number of hydrogen-bond donors (Lipinski definition) is 0. The van der Waals surface area contributed by atoms with Gasteiger partial charge >= 0.3 is 6.18 Å². The van der Waals surface area contributed by atoms with Crippen LogP contribution in [0.4, 0.5) is 22.0 Å². The normalized spacial score (nSPS) is 18.1. The van der Waals surface area contributed by atoms with Crippen molar-refractivity contribution in [3.8, 4) is 0 Å². The van der Waals surface area contributed by atoms with Crippen LogP contribution in [0.25, 0.3) is 6.08 Å². The summed E-state index contributed by atoms with van der Waals surface area (Å²) in [6, 6.07) is 2.81. The van der Waals surface area contributed by atoms with E-state index in [0.29, 0.717) is 0 Å². The molecule has 1 aliphatic rings. The van der Waals surface area contributed by atoms with E-state index in [9.17, 15) is 26.7 Å². The molecule has 0 radical (unpaired) electrons. The number of piperidine rings is 1. The SMILES string of the molecule is C=Cc1cc(C(=O)N2CCCC(F)(F)C2)ccc1C(F)(F)F. The van der Waals surface area contributed by atoms with E-state index in [4.69, 9.17) is 0 Å². The van der Waals surface area contributed by atoms with Crippen LogP contribution in [0.3, 0.4) is 0 Å². The molecular weight excluding hydrogens is 305 g/mol. The minimum absolute atomic E-state index is 0.0550. The van der Waals surface area contributed by atoms with Gasteiger partial charge in [0.1, 0.15) is 0 Å². The summed E-state index contributed by atoms with van der Waals surface area (Å²) in [5.74, 6) is -3.66. The summed E-state index contributed by atoms with van der Waals surface area (Å²) in [6.45, 7) is 2.75.